The van der Waals surface area contributed by atoms with E-state index in [2.05, 4.69) is 19.1 Å². The Hall–Kier alpha value is -0.800. The van der Waals surface area contributed by atoms with Crippen molar-refractivity contribution in [2.45, 2.75) is 109 Å². The molecule has 142 valence electrons. The molecule has 0 saturated heterocycles. The van der Waals surface area contributed by atoms with Gasteiger partial charge in [0.2, 0.25) is 5.78 Å². The minimum atomic E-state index is -4.65. The first-order chi connectivity index (χ1) is 11.5. The van der Waals surface area contributed by atoms with Gasteiger partial charge in [-0.15, -0.1) is 0 Å². The lowest BCUT2D eigenvalue weighted by Gasteiger charge is -2.04. The number of halogens is 3. The summed E-state index contributed by atoms with van der Waals surface area (Å²) in [6.45, 7) is 2.23. The number of allylic oxidation sites excluding steroid dienone is 2. The second kappa shape index (κ2) is 15.7. The molecule has 4 heteroatoms. The normalized spacial score (nSPS) is 12.2. The van der Waals surface area contributed by atoms with Gasteiger partial charge in [0, 0.05) is 6.42 Å². The van der Waals surface area contributed by atoms with Gasteiger partial charge in [0.15, 0.2) is 0 Å². The first-order valence-electron chi connectivity index (χ1n) is 9.73. The van der Waals surface area contributed by atoms with E-state index in [9.17, 15) is 18.0 Å². The molecule has 0 aliphatic carbocycles. The minimum absolute atomic E-state index is 0.356. The van der Waals surface area contributed by atoms with Crippen molar-refractivity contribution < 1.29 is 18.0 Å². The van der Waals surface area contributed by atoms with Gasteiger partial charge in [0.25, 0.3) is 0 Å². The van der Waals surface area contributed by atoms with Crippen LogP contribution in [0.5, 0.6) is 0 Å². The topological polar surface area (TPSA) is 17.1 Å². The molecule has 0 fully saturated rings. The van der Waals surface area contributed by atoms with Crippen molar-refractivity contribution in [3.63, 3.8) is 0 Å². The number of hydrogen-bond acceptors (Lipinski definition) is 1. The molecule has 0 spiro atoms. The Morgan fingerprint density at radius 1 is 0.708 bits per heavy atom. The van der Waals surface area contributed by atoms with Gasteiger partial charge in [0.1, 0.15) is 0 Å². The molecule has 0 atom stereocenters. The van der Waals surface area contributed by atoms with Crippen LogP contribution in [0.25, 0.3) is 0 Å². The molecule has 0 amide bonds. The highest BCUT2D eigenvalue weighted by Gasteiger charge is 2.36. The van der Waals surface area contributed by atoms with Gasteiger partial charge in [-0.3, -0.25) is 4.79 Å². The number of rotatable bonds is 16. The monoisotopic (exact) mass is 348 g/mol. The Morgan fingerprint density at radius 2 is 1.12 bits per heavy atom. The van der Waals surface area contributed by atoms with Crippen molar-refractivity contribution in [1.82, 2.24) is 0 Å². The fraction of sp³-hybridized carbons (Fsp3) is 0.850. The van der Waals surface area contributed by atoms with Crippen LogP contribution < -0.4 is 0 Å². The zero-order valence-corrected chi connectivity index (χ0v) is 15.3. The third-order valence-electron chi connectivity index (χ3n) is 4.23. The predicted octanol–water partition coefficient (Wildman–Crippen LogP) is 7.55. The Morgan fingerprint density at radius 3 is 1.58 bits per heavy atom. The van der Waals surface area contributed by atoms with Gasteiger partial charge in [-0.05, 0) is 32.1 Å². The number of unbranched alkanes of at least 4 members (excludes halogenated alkanes) is 12. The predicted molar refractivity (Wildman–Crippen MR) is 95.1 cm³/mol. The number of carbonyl (C=O) groups excluding carboxylic acids is 1. The fourth-order valence-corrected chi connectivity index (χ4v) is 2.67. The van der Waals surface area contributed by atoms with E-state index >= 15 is 0 Å². The molecule has 0 radical (unpaired) electrons. The van der Waals surface area contributed by atoms with Crippen LogP contribution in [0, 0.1) is 0 Å². The van der Waals surface area contributed by atoms with Crippen molar-refractivity contribution in [3.05, 3.63) is 12.2 Å². The molecule has 0 unspecified atom stereocenters. The van der Waals surface area contributed by atoms with Crippen LogP contribution in [0.1, 0.15) is 103 Å². The fourth-order valence-electron chi connectivity index (χ4n) is 2.67. The summed E-state index contributed by atoms with van der Waals surface area (Å²) in [5.74, 6) is -1.59. The van der Waals surface area contributed by atoms with E-state index in [0.717, 1.165) is 38.5 Å². The van der Waals surface area contributed by atoms with E-state index < -0.39 is 12.0 Å². The summed E-state index contributed by atoms with van der Waals surface area (Å²) in [6.07, 6.45) is 15.1. The summed E-state index contributed by atoms with van der Waals surface area (Å²) in [7, 11) is 0. The van der Waals surface area contributed by atoms with Crippen LogP contribution in [0.15, 0.2) is 12.2 Å². The molecule has 0 N–H and O–H groups in total. The lowest BCUT2D eigenvalue weighted by atomic mass is 10.1. The highest BCUT2D eigenvalue weighted by atomic mass is 19.4. The number of carbonyl (C=O) groups is 1. The largest absolute Gasteiger partial charge is 0.449 e. The molecule has 0 aliphatic rings. The van der Waals surface area contributed by atoms with Gasteiger partial charge in [0.05, 0.1) is 0 Å². The number of alkyl halides is 3. The minimum Gasteiger partial charge on any atom is -0.290 e. The van der Waals surface area contributed by atoms with Crippen LogP contribution in [-0.2, 0) is 4.79 Å². The van der Waals surface area contributed by atoms with E-state index in [0.29, 0.717) is 6.42 Å². The van der Waals surface area contributed by atoms with Crippen molar-refractivity contribution in [3.8, 4) is 0 Å². The van der Waals surface area contributed by atoms with Gasteiger partial charge >= 0.3 is 6.18 Å². The maximum Gasteiger partial charge on any atom is 0.449 e. The molecule has 0 aliphatic heterocycles. The standard InChI is InChI=1S/C20H35F3O/c1-2-3-4-5-6-7-8-9-10-11-12-13-14-15-16-17-18-19(24)20(21,22)23/h9-10H,2-8,11-18H2,1H3/b10-9-. The quantitative estimate of drug-likeness (QED) is 0.208. The summed E-state index contributed by atoms with van der Waals surface area (Å²) in [4.78, 5) is 10.7. The Kier molecular flexibility index (Phi) is 15.2. The molecule has 0 saturated carbocycles. The first kappa shape index (κ1) is 23.2. The van der Waals surface area contributed by atoms with Crippen molar-refractivity contribution >= 4 is 5.78 Å². The summed E-state index contributed by atoms with van der Waals surface area (Å²) >= 11 is 0. The second-order valence-corrected chi connectivity index (χ2v) is 6.61. The van der Waals surface area contributed by atoms with E-state index in [-0.39, 0.29) is 6.42 Å². The maximum absolute atomic E-state index is 12.0. The molecule has 24 heavy (non-hydrogen) atoms. The molecule has 0 heterocycles. The summed E-state index contributed by atoms with van der Waals surface area (Å²) in [6, 6.07) is 0. The number of hydrogen-bond donors (Lipinski definition) is 0. The highest BCUT2D eigenvalue weighted by molar-refractivity contribution is 5.83. The van der Waals surface area contributed by atoms with E-state index in [1.54, 1.807) is 0 Å². The highest BCUT2D eigenvalue weighted by Crippen LogP contribution is 2.20. The zero-order valence-electron chi connectivity index (χ0n) is 15.3. The molecular weight excluding hydrogens is 313 g/mol. The number of Topliss-reactive ketones (excluding diaryl/α,β-unsaturated/α-hetero) is 1. The van der Waals surface area contributed by atoms with Crippen LogP contribution in [0.3, 0.4) is 0 Å². The Labute approximate surface area is 146 Å². The van der Waals surface area contributed by atoms with Crippen molar-refractivity contribution in [2.24, 2.45) is 0 Å². The summed E-state index contributed by atoms with van der Waals surface area (Å²) in [5, 5.41) is 0. The molecule has 0 aromatic rings. The molecule has 1 nitrogen and oxygen atoms in total. The second-order valence-electron chi connectivity index (χ2n) is 6.61. The first-order valence-corrected chi connectivity index (χ1v) is 9.73. The maximum atomic E-state index is 12.0. The van der Waals surface area contributed by atoms with Crippen molar-refractivity contribution in [2.75, 3.05) is 0 Å². The molecule has 0 aromatic carbocycles. The van der Waals surface area contributed by atoms with Crippen LogP contribution in [-0.4, -0.2) is 12.0 Å². The van der Waals surface area contributed by atoms with E-state index in [1.165, 1.54) is 44.9 Å². The van der Waals surface area contributed by atoms with Crippen LogP contribution in [0.2, 0.25) is 0 Å². The van der Waals surface area contributed by atoms with Gasteiger partial charge in [-0.2, -0.15) is 13.2 Å². The third kappa shape index (κ3) is 16.1. The lowest BCUT2D eigenvalue weighted by Crippen LogP contribution is -2.22. The molecular formula is C20H35F3O. The average Bonchev–Trinajstić information content (AvgIpc) is 2.53. The molecule has 0 rings (SSSR count). The van der Waals surface area contributed by atoms with Crippen LogP contribution in [0.4, 0.5) is 13.2 Å². The van der Waals surface area contributed by atoms with Gasteiger partial charge in [-0.25, -0.2) is 0 Å². The zero-order chi connectivity index (χ0) is 18.1. The van der Waals surface area contributed by atoms with Gasteiger partial charge in [-0.1, -0.05) is 76.9 Å². The van der Waals surface area contributed by atoms with Gasteiger partial charge < -0.3 is 0 Å². The van der Waals surface area contributed by atoms with Crippen molar-refractivity contribution in [1.29, 1.82) is 0 Å². The Bertz CT molecular complexity index is 321. The Balaban J connectivity index is 3.22. The summed E-state index contributed by atoms with van der Waals surface area (Å²) < 4.78 is 36.0. The smallest absolute Gasteiger partial charge is 0.290 e. The third-order valence-corrected chi connectivity index (χ3v) is 4.23. The lowest BCUT2D eigenvalue weighted by molar-refractivity contribution is -0.171. The van der Waals surface area contributed by atoms with E-state index in [4.69, 9.17) is 0 Å². The molecule has 0 aromatic heterocycles. The summed E-state index contributed by atoms with van der Waals surface area (Å²) in [5.41, 5.74) is 0. The molecule has 0 bridgehead atoms. The SMILES string of the molecule is CCCCCCCC/C=C\CCCCCCCCC(=O)C(F)(F)F. The van der Waals surface area contributed by atoms with E-state index in [1.807, 2.05) is 0 Å². The number of ketones is 1. The van der Waals surface area contributed by atoms with Crippen LogP contribution >= 0.6 is 0 Å². The average molecular weight is 348 g/mol.